The van der Waals surface area contributed by atoms with Crippen LogP contribution in [-0.4, -0.2) is 34.1 Å². The second kappa shape index (κ2) is 38.2. The van der Waals surface area contributed by atoms with Crippen molar-refractivity contribution in [3.05, 3.63) is 102 Å². The number of aromatic amines is 1. The highest BCUT2D eigenvalue weighted by atomic mass is 32.1. The summed E-state index contributed by atoms with van der Waals surface area (Å²) in [6.07, 6.45) is 8.04. The Hall–Kier alpha value is -2.87. The van der Waals surface area contributed by atoms with E-state index in [4.69, 9.17) is 0 Å². The minimum atomic E-state index is 0. The third-order valence-corrected chi connectivity index (χ3v) is 4.10. The number of furan rings is 1. The molecule has 0 spiro atoms. The first kappa shape index (κ1) is 53.7. The topological polar surface area (TPSA) is 99.1 Å². The lowest BCUT2D eigenvalue weighted by Crippen LogP contribution is -1.87. The molecule has 0 saturated carbocycles. The Labute approximate surface area is 278 Å². The number of benzene rings is 1. The summed E-state index contributed by atoms with van der Waals surface area (Å²) >= 11 is 1.71. The second-order valence-electron chi connectivity index (χ2n) is 11.0. The van der Waals surface area contributed by atoms with Crippen molar-refractivity contribution in [3.8, 4) is 0 Å². The second-order valence-corrected chi connectivity index (χ2v) is 11.9. The molecule has 1 aromatic carbocycles. The van der Waals surface area contributed by atoms with Gasteiger partial charge in [0.1, 0.15) is 12.7 Å². The predicted octanol–water partition coefficient (Wildman–Crippen LogP) is 10.4. The molecule has 44 heavy (non-hydrogen) atoms. The van der Waals surface area contributed by atoms with Gasteiger partial charge in [0.25, 0.3) is 0 Å². The van der Waals surface area contributed by atoms with Gasteiger partial charge < -0.3 is 9.89 Å². The van der Waals surface area contributed by atoms with Crippen molar-refractivity contribution < 1.29 is 16.0 Å². The maximum atomic E-state index is 4.58. The van der Waals surface area contributed by atoms with Crippen LogP contribution in [0.15, 0.2) is 101 Å². The Morgan fingerprint density at radius 3 is 1.55 bits per heavy atom. The molecule has 3 N–H and O–H groups in total. The predicted molar refractivity (Wildman–Crippen MR) is 202 cm³/mol. The van der Waals surface area contributed by atoms with E-state index in [-0.39, 0.29) is 29.9 Å². The zero-order valence-electron chi connectivity index (χ0n) is 28.9. The SMILES string of the molecule is CC(C)C.CC(C)C.CC(C)C.CC(C)c1ccc2ncccc2c1.F.O.P.[B].[HH].c1ccoc1.c1ccsc1.c1nc[nH]n1. The van der Waals surface area contributed by atoms with Crippen LogP contribution < -0.4 is 0 Å². The van der Waals surface area contributed by atoms with Gasteiger partial charge in [-0.1, -0.05) is 100 Å². The van der Waals surface area contributed by atoms with Gasteiger partial charge in [0.2, 0.25) is 0 Å². The molecule has 1 atom stereocenters. The Balaban J connectivity index is -0.0000000784. The summed E-state index contributed by atoms with van der Waals surface area (Å²) in [5.74, 6) is 3.09. The molecule has 3 radical (unpaired) electrons. The van der Waals surface area contributed by atoms with E-state index in [1.807, 2.05) is 47.3 Å². The van der Waals surface area contributed by atoms with E-state index >= 15 is 0 Å². The number of nitrogens with one attached hydrogen (secondary N) is 1. The highest BCUT2D eigenvalue weighted by molar-refractivity contribution is 7.07. The standard InChI is InChI=1S/C12H13N.C4H4O.C4H4S.3C4H10.C2H3N3.B.FH.H2O.H3P.H2/c1-9(2)10-5-6-12-11(8-10)4-3-7-13-12;2*1-2-4-5-3-1;3*1-4(2)3;1-3-2-5-4-1;;;;;/h3-9H,1-2H3;2*1-4H;3*4H,1-3H3;1-2H,(H,3,4,5);;1H;1H2;1H3;1H. The zero-order valence-corrected chi connectivity index (χ0v) is 31.1. The first-order valence-electron chi connectivity index (χ1n) is 14.0. The average Bonchev–Trinajstić information content (AvgIpc) is 3.70. The van der Waals surface area contributed by atoms with E-state index in [0.29, 0.717) is 5.92 Å². The maximum absolute atomic E-state index is 4.58. The molecule has 0 saturated heterocycles. The molecule has 251 valence electrons. The summed E-state index contributed by atoms with van der Waals surface area (Å²) in [4.78, 5) is 7.84. The Bertz CT molecular complexity index is 984. The van der Waals surface area contributed by atoms with E-state index < -0.39 is 0 Å². The normalized spacial score (nSPS) is 8.43. The van der Waals surface area contributed by atoms with Gasteiger partial charge in [-0.05, 0) is 70.3 Å². The van der Waals surface area contributed by atoms with E-state index in [1.165, 1.54) is 23.6 Å². The lowest BCUT2D eigenvalue weighted by molar-refractivity contribution is 0.567. The molecule has 10 heteroatoms. The van der Waals surface area contributed by atoms with Gasteiger partial charge in [-0.3, -0.25) is 14.8 Å². The zero-order chi connectivity index (χ0) is 30.6. The van der Waals surface area contributed by atoms with Crippen LogP contribution in [-0.2, 0) is 0 Å². The quantitative estimate of drug-likeness (QED) is 0.144. The van der Waals surface area contributed by atoms with Crippen molar-refractivity contribution in [1.29, 1.82) is 0 Å². The van der Waals surface area contributed by atoms with Gasteiger partial charge in [0.15, 0.2) is 0 Å². The van der Waals surface area contributed by atoms with E-state index in [1.54, 1.807) is 23.9 Å². The van der Waals surface area contributed by atoms with Crippen LogP contribution in [0.2, 0.25) is 0 Å². The van der Waals surface area contributed by atoms with E-state index in [2.05, 4.69) is 125 Å². The fraction of sp³-hybridized carbons (Fsp3) is 0.441. The third-order valence-electron chi connectivity index (χ3n) is 3.48. The number of halogens is 1. The molecule has 0 aliphatic carbocycles. The number of aromatic nitrogens is 4. The Kier molecular flexibility index (Phi) is 46.6. The monoisotopic (exact) mass is 651 g/mol. The van der Waals surface area contributed by atoms with Crippen LogP contribution in [0.5, 0.6) is 0 Å². The summed E-state index contributed by atoms with van der Waals surface area (Å²) in [5, 5.41) is 11.3. The molecule has 0 bridgehead atoms. The maximum Gasteiger partial charge on any atom is 0.137 e. The highest BCUT2D eigenvalue weighted by Crippen LogP contribution is 2.19. The summed E-state index contributed by atoms with van der Waals surface area (Å²) in [7, 11) is 0. The lowest BCUT2D eigenvalue weighted by atomic mass is 10.0. The van der Waals surface area contributed by atoms with Gasteiger partial charge in [-0.25, -0.2) is 4.98 Å². The number of rotatable bonds is 1. The number of nitrogens with zero attached hydrogens (tertiary/aromatic N) is 3. The number of fused-ring (bicyclic) bond motifs is 1. The minimum Gasteiger partial charge on any atom is -0.473 e. The summed E-state index contributed by atoms with van der Waals surface area (Å²) in [6.45, 7) is 23.9. The van der Waals surface area contributed by atoms with Crippen LogP contribution in [0.1, 0.15) is 89.1 Å². The number of pyridine rings is 1. The molecule has 4 aromatic heterocycles. The lowest BCUT2D eigenvalue weighted by Gasteiger charge is -2.05. The fourth-order valence-corrected chi connectivity index (χ4v) is 2.53. The van der Waals surface area contributed by atoms with Crippen LogP contribution in [0.4, 0.5) is 4.70 Å². The van der Waals surface area contributed by atoms with Crippen LogP contribution in [0, 0.1) is 17.8 Å². The summed E-state index contributed by atoms with van der Waals surface area (Å²) in [5.41, 5.74) is 2.45. The van der Waals surface area contributed by atoms with Crippen molar-refractivity contribution in [3.63, 3.8) is 0 Å². The first-order valence-corrected chi connectivity index (χ1v) is 15.0. The van der Waals surface area contributed by atoms with Crippen molar-refractivity contribution >= 4 is 40.6 Å². The van der Waals surface area contributed by atoms with Gasteiger partial charge >= 0.3 is 0 Å². The molecule has 0 amide bonds. The highest BCUT2D eigenvalue weighted by Gasteiger charge is 1.99. The van der Waals surface area contributed by atoms with Crippen molar-refractivity contribution in [1.82, 2.24) is 20.2 Å². The fourth-order valence-electron chi connectivity index (χ4n) is 2.07. The number of H-pyrrole nitrogens is 1. The van der Waals surface area contributed by atoms with E-state index in [9.17, 15) is 0 Å². The van der Waals surface area contributed by atoms with Crippen LogP contribution >= 0.6 is 21.2 Å². The molecule has 0 fully saturated rings. The molecule has 0 aliphatic rings. The largest absolute Gasteiger partial charge is 0.473 e. The Morgan fingerprint density at radius 2 is 1.25 bits per heavy atom. The molecule has 0 aliphatic heterocycles. The number of thiophene rings is 1. The van der Waals surface area contributed by atoms with Gasteiger partial charge in [0, 0.05) is 21.4 Å². The first-order chi connectivity index (χ1) is 19.0. The summed E-state index contributed by atoms with van der Waals surface area (Å²) < 4.78 is 4.58. The molecular weight excluding hydrogens is 589 g/mol. The summed E-state index contributed by atoms with van der Waals surface area (Å²) in [6, 6.07) is 18.2. The molecule has 4 heterocycles. The number of hydrogen-bond donors (Lipinski definition) is 1. The van der Waals surface area contributed by atoms with Crippen molar-refractivity contribution in [2.75, 3.05) is 0 Å². The molecule has 5 rings (SSSR count). The van der Waals surface area contributed by atoms with Gasteiger partial charge in [0.05, 0.1) is 18.0 Å². The molecular formula is C34H62BFN4O2PS. The molecule has 6 nitrogen and oxygen atoms in total. The van der Waals surface area contributed by atoms with E-state index in [0.717, 1.165) is 23.3 Å². The Morgan fingerprint density at radius 1 is 0.750 bits per heavy atom. The molecule has 5 aromatic rings. The van der Waals surface area contributed by atoms with Crippen molar-refractivity contribution in [2.45, 2.75) is 82.1 Å². The van der Waals surface area contributed by atoms with Gasteiger partial charge in [-0.15, -0.1) is 0 Å². The molecule has 1 unspecified atom stereocenters. The number of hydrogen-bond acceptors (Lipinski definition) is 5. The van der Waals surface area contributed by atoms with Crippen molar-refractivity contribution in [2.24, 2.45) is 17.8 Å². The minimum absolute atomic E-state index is 0. The van der Waals surface area contributed by atoms with Crippen LogP contribution in [0.25, 0.3) is 10.9 Å². The van der Waals surface area contributed by atoms with Crippen LogP contribution in [0.3, 0.4) is 0 Å². The van der Waals surface area contributed by atoms with Gasteiger partial charge in [-0.2, -0.15) is 26.3 Å². The third kappa shape index (κ3) is 43.6. The average molecular weight is 652 g/mol. The smallest absolute Gasteiger partial charge is 0.137 e.